The van der Waals surface area contributed by atoms with Gasteiger partial charge in [-0.25, -0.2) is 0 Å². The fourth-order valence-electron chi connectivity index (χ4n) is 3.47. The number of thiocarbonyl (C=S) groups is 1. The highest BCUT2D eigenvalue weighted by molar-refractivity contribution is 7.80. The minimum atomic E-state index is -0.558. The molecule has 6 nitrogen and oxygen atoms in total. The summed E-state index contributed by atoms with van der Waals surface area (Å²) in [7, 11) is 1.56. The third-order valence-corrected chi connectivity index (χ3v) is 5.40. The van der Waals surface area contributed by atoms with Crippen LogP contribution in [-0.2, 0) is 16.2 Å². The van der Waals surface area contributed by atoms with E-state index in [1.54, 1.807) is 49.6 Å². The number of hydrogen-bond donors (Lipinski definition) is 1. The van der Waals surface area contributed by atoms with Crippen molar-refractivity contribution < 1.29 is 19.1 Å². The van der Waals surface area contributed by atoms with Crippen LogP contribution in [0.1, 0.15) is 16.7 Å². The van der Waals surface area contributed by atoms with Gasteiger partial charge in [0.1, 0.15) is 23.7 Å². The number of anilines is 1. The molecule has 1 saturated heterocycles. The zero-order valence-electron chi connectivity index (χ0n) is 18.2. The van der Waals surface area contributed by atoms with Gasteiger partial charge in [-0.05, 0) is 55.0 Å². The van der Waals surface area contributed by atoms with Gasteiger partial charge in [-0.2, -0.15) is 0 Å². The highest BCUT2D eigenvalue weighted by Crippen LogP contribution is 2.29. The Morgan fingerprint density at radius 2 is 1.79 bits per heavy atom. The molecule has 3 aromatic rings. The average Bonchev–Trinajstić information content (AvgIpc) is 2.81. The maximum absolute atomic E-state index is 13.2. The van der Waals surface area contributed by atoms with Crippen LogP contribution in [0.4, 0.5) is 5.69 Å². The number of aryl methyl sites for hydroxylation is 1. The number of ether oxygens (including phenoxy) is 2. The Hall–Kier alpha value is -3.97. The molecule has 33 heavy (non-hydrogen) atoms. The number of hydrogen-bond acceptors (Lipinski definition) is 5. The lowest BCUT2D eigenvalue weighted by Gasteiger charge is -2.29. The summed E-state index contributed by atoms with van der Waals surface area (Å²) in [5, 5.41) is 2.64. The van der Waals surface area contributed by atoms with E-state index in [9.17, 15) is 9.59 Å². The summed E-state index contributed by atoms with van der Waals surface area (Å²) in [4.78, 5) is 27.2. The molecule has 0 atom stereocenters. The van der Waals surface area contributed by atoms with Crippen molar-refractivity contribution in [2.45, 2.75) is 13.5 Å². The molecule has 2 amide bonds. The lowest BCUT2D eigenvalue weighted by molar-refractivity contribution is -0.122. The standard InChI is InChI=1S/C26H22N2O4S/c1-17-7-6-8-18(13-17)16-32-23-15-21(31-2)12-11-19(23)14-22-24(29)27-26(33)28(25(22)30)20-9-4-3-5-10-20/h3-15H,16H2,1-2H3,(H,27,29,33)/b22-14-. The number of para-hydroxylation sites is 1. The summed E-state index contributed by atoms with van der Waals surface area (Å²) in [5.74, 6) is 0.0271. The van der Waals surface area contributed by atoms with Crippen molar-refractivity contribution in [2.75, 3.05) is 12.0 Å². The zero-order valence-corrected chi connectivity index (χ0v) is 19.0. The van der Waals surface area contributed by atoms with Gasteiger partial charge in [-0.3, -0.25) is 19.8 Å². The summed E-state index contributed by atoms with van der Waals surface area (Å²) in [6.07, 6.45) is 1.51. The van der Waals surface area contributed by atoms with Crippen LogP contribution < -0.4 is 19.7 Å². The largest absolute Gasteiger partial charge is 0.497 e. The van der Waals surface area contributed by atoms with Gasteiger partial charge in [-0.15, -0.1) is 0 Å². The van der Waals surface area contributed by atoms with Crippen LogP contribution in [0.3, 0.4) is 0 Å². The summed E-state index contributed by atoms with van der Waals surface area (Å²) < 4.78 is 11.4. The second kappa shape index (κ2) is 9.67. The molecule has 4 rings (SSSR count). The van der Waals surface area contributed by atoms with Crippen LogP contribution >= 0.6 is 12.2 Å². The second-order valence-electron chi connectivity index (χ2n) is 7.47. The smallest absolute Gasteiger partial charge is 0.270 e. The van der Waals surface area contributed by atoms with E-state index >= 15 is 0 Å². The number of nitrogens with zero attached hydrogens (tertiary/aromatic N) is 1. The number of methoxy groups -OCH3 is 1. The Morgan fingerprint density at radius 3 is 2.52 bits per heavy atom. The van der Waals surface area contributed by atoms with Gasteiger partial charge in [0, 0.05) is 11.6 Å². The third kappa shape index (κ3) is 4.94. The van der Waals surface area contributed by atoms with E-state index in [0.29, 0.717) is 29.4 Å². The van der Waals surface area contributed by atoms with Crippen molar-refractivity contribution in [1.82, 2.24) is 5.32 Å². The summed E-state index contributed by atoms with van der Waals surface area (Å²) in [6.45, 7) is 2.34. The summed E-state index contributed by atoms with van der Waals surface area (Å²) in [6, 6.07) is 22.2. The second-order valence-corrected chi connectivity index (χ2v) is 7.86. The maximum Gasteiger partial charge on any atom is 0.270 e. The number of amides is 2. The van der Waals surface area contributed by atoms with Crippen LogP contribution in [0.2, 0.25) is 0 Å². The summed E-state index contributed by atoms with van der Waals surface area (Å²) >= 11 is 5.25. The molecule has 0 spiro atoms. The first-order chi connectivity index (χ1) is 16.0. The SMILES string of the molecule is COc1ccc(/C=C2/C(=O)NC(=S)N(c3ccccc3)C2=O)c(OCc2cccc(C)c2)c1. The Morgan fingerprint density at radius 1 is 1.00 bits per heavy atom. The van der Waals surface area contributed by atoms with E-state index in [1.165, 1.54) is 11.0 Å². The van der Waals surface area contributed by atoms with E-state index in [0.717, 1.165) is 11.1 Å². The molecule has 1 aliphatic heterocycles. The Labute approximate surface area is 197 Å². The first-order valence-electron chi connectivity index (χ1n) is 10.3. The molecular formula is C26H22N2O4S. The number of carbonyl (C=O) groups is 2. The maximum atomic E-state index is 13.2. The third-order valence-electron chi connectivity index (χ3n) is 5.11. The van der Waals surface area contributed by atoms with Crippen molar-refractivity contribution in [2.24, 2.45) is 0 Å². The van der Waals surface area contributed by atoms with E-state index in [-0.39, 0.29) is 10.7 Å². The van der Waals surface area contributed by atoms with Crippen molar-refractivity contribution >= 4 is 40.9 Å². The molecule has 0 aliphatic carbocycles. The molecule has 1 heterocycles. The number of benzene rings is 3. The first-order valence-corrected chi connectivity index (χ1v) is 10.7. The molecule has 1 aliphatic rings. The number of rotatable bonds is 6. The fraction of sp³-hybridized carbons (Fsp3) is 0.115. The molecule has 0 saturated carbocycles. The minimum Gasteiger partial charge on any atom is -0.497 e. The highest BCUT2D eigenvalue weighted by Gasteiger charge is 2.34. The average molecular weight is 459 g/mol. The monoisotopic (exact) mass is 458 g/mol. The highest BCUT2D eigenvalue weighted by atomic mass is 32.1. The molecule has 1 fully saturated rings. The molecule has 3 aromatic carbocycles. The molecule has 0 bridgehead atoms. The van der Waals surface area contributed by atoms with Crippen LogP contribution in [0.25, 0.3) is 6.08 Å². The molecule has 1 N–H and O–H groups in total. The van der Waals surface area contributed by atoms with Crippen LogP contribution in [0.5, 0.6) is 11.5 Å². The topological polar surface area (TPSA) is 67.9 Å². The van der Waals surface area contributed by atoms with Crippen LogP contribution in [-0.4, -0.2) is 24.0 Å². The van der Waals surface area contributed by atoms with E-state index in [2.05, 4.69) is 5.32 Å². The van der Waals surface area contributed by atoms with Crippen LogP contribution in [0, 0.1) is 6.92 Å². The van der Waals surface area contributed by atoms with Crippen LogP contribution in [0.15, 0.2) is 78.4 Å². The molecule has 0 aromatic heterocycles. The fourth-order valence-corrected chi connectivity index (χ4v) is 3.75. The minimum absolute atomic E-state index is 0.0407. The number of carbonyl (C=O) groups excluding carboxylic acids is 2. The van der Waals surface area contributed by atoms with Crippen molar-refractivity contribution in [3.63, 3.8) is 0 Å². The normalized spacial score (nSPS) is 14.9. The molecule has 0 unspecified atom stereocenters. The Bertz CT molecular complexity index is 1250. The lowest BCUT2D eigenvalue weighted by atomic mass is 10.1. The lowest BCUT2D eigenvalue weighted by Crippen LogP contribution is -2.54. The number of nitrogens with one attached hydrogen (secondary N) is 1. The van der Waals surface area contributed by atoms with Gasteiger partial charge in [0.2, 0.25) is 0 Å². The van der Waals surface area contributed by atoms with E-state index in [1.807, 2.05) is 37.3 Å². The van der Waals surface area contributed by atoms with E-state index in [4.69, 9.17) is 21.7 Å². The van der Waals surface area contributed by atoms with Crippen molar-refractivity contribution in [3.05, 3.63) is 95.1 Å². The first kappa shape index (κ1) is 22.2. The van der Waals surface area contributed by atoms with Gasteiger partial charge in [0.05, 0.1) is 12.8 Å². The molecule has 7 heteroatoms. The van der Waals surface area contributed by atoms with Gasteiger partial charge >= 0.3 is 0 Å². The van der Waals surface area contributed by atoms with Crippen molar-refractivity contribution in [3.8, 4) is 11.5 Å². The van der Waals surface area contributed by atoms with E-state index < -0.39 is 11.8 Å². The quantitative estimate of drug-likeness (QED) is 0.337. The Kier molecular flexibility index (Phi) is 6.51. The predicted molar refractivity (Wildman–Crippen MR) is 131 cm³/mol. The van der Waals surface area contributed by atoms with Crippen molar-refractivity contribution in [1.29, 1.82) is 0 Å². The van der Waals surface area contributed by atoms with Gasteiger partial charge < -0.3 is 9.47 Å². The molecule has 0 radical (unpaired) electrons. The van der Waals surface area contributed by atoms with Gasteiger partial charge in [0.25, 0.3) is 11.8 Å². The zero-order chi connectivity index (χ0) is 23.4. The van der Waals surface area contributed by atoms with Gasteiger partial charge in [0.15, 0.2) is 5.11 Å². The molecule has 166 valence electrons. The Balaban J connectivity index is 1.68. The van der Waals surface area contributed by atoms with Gasteiger partial charge in [-0.1, -0.05) is 48.0 Å². The summed E-state index contributed by atoms with van der Waals surface area (Å²) in [5.41, 5.74) is 3.24. The molecular weight excluding hydrogens is 436 g/mol. The predicted octanol–water partition coefficient (Wildman–Crippen LogP) is 4.41.